The van der Waals surface area contributed by atoms with Crippen LogP contribution in [0.3, 0.4) is 0 Å². The lowest BCUT2D eigenvalue weighted by molar-refractivity contribution is -0.145. The minimum atomic E-state index is -0.0431. The number of anilines is 1. The average molecular weight is 275 g/mol. The van der Waals surface area contributed by atoms with Gasteiger partial charge in [-0.1, -0.05) is 25.8 Å². The second kappa shape index (κ2) is 7.32. The van der Waals surface area contributed by atoms with Gasteiger partial charge < -0.3 is 10.5 Å². The van der Waals surface area contributed by atoms with E-state index in [1.54, 1.807) is 0 Å². The van der Waals surface area contributed by atoms with Crippen molar-refractivity contribution in [3.63, 3.8) is 0 Å². The SMILES string of the molecule is CCCCCOC(=O)CC1CCc2ccc(N)cc2C1. The summed E-state index contributed by atoms with van der Waals surface area (Å²) in [5.41, 5.74) is 9.33. The smallest absolute Gasteiger partial charge is 0.306 e. The Morgan fingerprint density at radius 1 is 1.35 bits per heavy atom. The van der Waals surface area contributed by atoms with Crippen molar-refractivity contribution in [2.75, 3.05) is 12.3 Å². The third-order valence-corrected chi connectivity index (χ3v) is 4.03. The van der Waals surface area contributed by atoms with Gasteiger partial charge in [-0.2, -0.15) is 0 Å². The lowest BCUT2D eigenvalue weighted by atomic mass is 9.82. The first-order valence-electron chi connectivity index (χ1n) is 7.72. The third kappa shape index (κ3) is 4.26. The zero-order chi connectivity index (χ0) is 14.4. The lowest BCUT2D eigenvalue weighted by Crippen LogP contribution is -2.19. The van der Waals surface area contributed by atoms with E-state index >= 15 is 0 Å². The van der Waals surface area contributed by atoms with E-state index in [2.05, 4.69) is 13.0 Å². The van der Waals surface area contributed by atoms with E-state index in [1.165, 1.54) is 11.1 Å². The molecule has 3 heteroatoms. The quantitative estimate of drug-likeness (QED) is 0.491. The number of esters is 1. The Hall–Kier alpha value is -1.51. The van der Waals surface area contributed by atoms with Gasteiger partial charge in [-0.3, -0.25) is 4.79 Å². The van der Waals surface area contributed by atoms with Crippen molar-refractivity contribution in [1.82, 2.24) is 0 Å². The van der Waals surface area contributed by atoms with E-state index in [-0.39, 0.29) is 5.97 Å². The second-order valence-electron chi connectivity index (χ2n) is 5.77. The van der Waals surface area contributed by atoms with Gasteiger partial charge in [0.05, 0.1) is 6.61 Å². The summed E-state index contributed by atoms with van der Waals surface area (Å²) in [6, 6.07) is 6.12. The van der Waals surface area contributed by atoms with Gasteiger partial charge in [0, 0.05) is 12.1 Å². The molecule has 0 spiro atoms. The molecule has 1 atom stereocenters. The highest BCUT2D eigenvalue weighted by atomic mass is 16.5. The standard InChI is InChI=1S/C17H25NO2/c1-2-3-4-9-20-17(19)11-13-5-6-14-7-8-16(18)12-15(14)10-13/h7-8,12-13H,2-6,9-11,18H2,1H3. The lowest BCUT2D eigenvalue weighted by Gasteiger charge is -2.24. The number of fused-ring (bicyclic) bond motifs is 1. The zero-order valence-electron chi connectivity index (χ0n) is 12.4. The summed E-state index contributed by atoms with van der Waals surface area (Å²) in [6.45, 7) is 2.72. The van der Waals surface area contributed by atoms with Crippen molar-refractivity contribution < 1.29 is 9.53 Å². The maximum Gasteiger partial charge on any atom is 0.306 e. The molecule has 3 nitrogen and oxygen atoms in total. The van der Waals surface area contributed by atoms with Gasteiger partial charge in [0.25, 0.3) is 0 Å². The fraction of sp³-hybridized carbons (Fsp3) is 0.588. The molecular weight excluding hydrogens is 250 g/mol. The number of carbonyl (C=O) groups excluding carboxylic acids is 1. The molecule has 2 rings (SSSR count). The predicted molar refractivity (Wildman–Crippen MR) is 81.5 cm³/mol. The Morgan fingerprint density at radius 2 is 2.20 bits per heavy atom. The van der Waals surface area contributed by atoms with E-state index in [1.807, 2.05) is 12.1 Å². The highest BCUT2D eigenvalue weighted by molar-refractivity contribution is 5.69. The van der Waals surface area contributed by atoms with Crippen LogP contribution in [0.25, 0.3) is 0 Å². The Kier molecular flexibility index (Phi) is 5.45. The molecule has 1 aliphatic carbocycles. The Balaban J connectivity index is 1.79. The number of nitrogen functional groups attached to an aromatic ring is 1. The van der Waals surface area contributed by atoms with Crippen LogP contribution in [-0.2, 0) is 22.4 Å². The number of carbonyl (C=O) groups is 1. The summed E-state index contributed by atoms with van der Waals surface area (Å²) >= 11 is 0. The summed E-state index contributed by atoms with van der Waals surface area (Å²) in [6.07, 6.45) is 6.86. The normalized spacial score (nSPS) is 17.6. The fourth-order valence-electron chi connectivity index (χ4n) is 2.86. The molecule has 1 aromatic carbocycles. The van der Waals surface area contributed by atoms with Crippen molar-refractivity contribution >= 4 is 11.7 Å². The first kappa shape index (κ1) is 14.9. The number of ether oxygens (including phenoxy) is 1. The third-order valence-electron chi connectivity index (χ3n) is 4.03. The van der Waals surface area contributed by atoms with Crippen LogP contribution >= 0.6 is 0 Å². The first-order chi connectivity index (χ1) is 9.69. The van der Waals surface area contributed by atoms with Crippen molar-refractivity contribution in [2.24, 2.45) is 5.92 Å². The van der Waals surface area contributed by atoms with Crippen LogP contribution in [0.5, 0.6) is 0 Å². The number of benzene rings is 1. The predicted octanol–water partition coefficient (Wildman–Crippen LogP) is 3.50. The summed E-state index contributed by atoms with van der Waals surface area (Å²) < 4.78 is 5.29. The van der Waals surface area contributed by atoms with Gasteiger partial charge in [-0.05, 0) is 54.9 Å². The summed E-state index contributed by atoms with van der Waals surface area (Å²) in [5.74, 6) is 0.362. The van der Waals surface area contributed by atoms with Crippen molar-refractivity contribution in [1.29, 1.82) is 0 Å². The molecule has 2 N–H and O–H groups in total. The number of hydrogen-bond donors (Lipinski definition) is 1. The van der Waals surface area contributed by atoms with Gasteiger partial charge in [0.2, 0.25) is 0 Å². The topological polar surface area (TPSA) is 52.3 Å². The van der Waals surface area contributed by atoms with Crippen LogP contribution in [-0.4, -0.2) is 12.6 Å². The monoisotopic (exact) mass is 275 g/mol. The Bertz CT molecular complexity index is 456. The first-order valence-corrected chi connectivity index (χ1v) is 7.72. The van der Waals surface area contributed by atoms with Gasteiger partial charge in [-0.25, -0.2) is 0 Å². The molecule has 1 aromatic rings. The van der Waals surface area contributed by atoms with Gasteiger partial charge >= 0.3 is 5.97 Å². The molecule has 0 amide bonds. The molecule has 110 valence electrons. The molecule has 20 heavy (non-hydrogen) atoms. The van der Waals surface area contributed by atoms with E-state index in [9.17, 15) is 4.79 Å². The Labute approximate surface area is 121 Å². The molecule has 0 radical (unpaired) electrons. The largest absolute Gasteiger partial charge is 0.466 e. The highest BCUT2D eigenvalue weighted by Gasteiger charge is 2.21. The van der Waals surface area contributed by atoms with Crippen LogP contribution in [0, 0.1) is 5.92 Å². The number of rotatable bonds is 6. The van der Waals surface area contributed by atoms with E-state index in [4.69, 9.17) is 10.5 Å². The minimum Gasteiger partial charge on any atom is -0.466 e. The molecule has 0 fully saturated rings. The summed E-state index contributed by atoms with van der Waals surface area (Å²) in [5, 5.41) is 0. The van der Waals surface area contributed by atoms with Crippen molar-refractivity contribution in [3.05, 3.63) is 29.3 Å². The van der Waals surface area contributed by atoms with Crippen LogP contribution in [0.1, 0.15) is 50.2 Å². The molecule has 0 bridgehead atoms. The van der Waals surface area contributed by atoms with Crippen molar-refractivity contribution in [3.8, 4) is 0 Å². The van der Waals surface area contributed by atoms with E-state index < -0.39 is 0 Å². The van der Waals surface area contributed by atoms with Gasteiger partial charge in [0.15, 0.2) is 0 Å². The van der Waals surface area contributed by atoms with Crippen LogP contribution in [0.15, 0.2) is 18.2 Å². The van der Waals surface area contributed by atoms with Crippen molar-refractivity contribution in [2.45, 2.75) is 51.9 Å². The number of unbranched alkanes of at least 4 members (excludes halogenated alkanes) is 2. The molecule has 0 saturated carbocycles. The molecule has 0 saturated heterocycles. The maximum absolute atomic E-state index is 11.8. The fourth-order valence-corrected chi connectivity index (χ4v) is 2.86. The minimum absolute atomic E-state index is 0.0431. The Morgan fingerprint density at radius 3 is 3.00 bits per heavy atom. The molecule has 0 aliphatic heterocycles. The maximum atomic E-state index is 11.8. The highest BCUT2D eigenvalue weighted by Crippen LogP contribution is 2.29. The van der Waals surface area contributed by atoms with Crippen LogP contribution in [0.2, 0.25) is 0 Å². The summed E-state index contributed by atoms with van der Waals surface area (Å²) in [7, 11) is 0. The summed E-state index contributed by atoms with van der Waals surface area (Å²) in [4.78, 5) is 11.8. The number of aryl methyl sites for hydroxylation is 1. The van der Waals surface area contributed by atoms with E-state index in [0.717, 1.165) is 44.2 Å². The second-order valence-corrected chi connectivity index (χ2v) is 5.77. The average Bonchev–Trinajstić information content (AvgIpc) is 2.43. The van der Waals surface area contributed by atoms with Gasteiger partial charge in [-0.15, -0.1) is 0 Å². The number of hydrogen-bond acceptors (Lipinski definition) is 3. The number of nitrogens with two attached hydrogens (primary N) is 1. The van der Waals surface area contributed by atoms with E-state index in [0.29, 0.717) is 18.9 Å². The molecular formula is C17H25NO2. The molecule has 1 unspecified atom stereocenters. The zero-order valence-corrected chi connectivity index (χ0v) is 12.4. The molecule has 1 aliphatic rings. The van der Waals surface area contributed by atoms with Crippen LogP contribution in [0.4, 0.5) is 5.69 Å². The molecule has 0 aromatic heterocycles. The van der Waals surface area contributed by atoms with Gasteiger partial charge in [0.1, 0.15) is 0 Å². The van der Waals surface area contributed by atoms with Crippen LogP contribution < -0.4 is 5.73 Å². The molecule has 0 heterocycles.